The average Bonchev–Trinajstić information content (AvgIpc) is 3.07. The van der Waals surface area contributed by atoms with E-state index in [4.69, 9.17) is 0 Å². The molecule has 0 saturated carbocycles. The summed E-state index contributed by atoms with van der Waals surface area (Å²) in [6, 6.07) is 10.3. The molecule has 0 atom stereocenters. The summed E-state index contributed by atoms with van der Waals surface area (Å²) < 4.78 is 1.81. The second-order valence-corrected chi connectivity index (χ2v) is 5.10. The predicted octanol–water partition coefficient (Wildman–Crippen LogP) is 3.25. The number of rotatable bonds is 3. The van der Waals surface area contributed by atoms with Gasteiger partial charge in [-0.2, -0.15) is 5.10 Å². The van der Waals surface area contributed by atoms with Crippen molar-refractivity contribution in [2.75, 3.05) is 12.4 Å². The zero-order valence-electron chi connectivity index (χ0n) is 10.8. The van der Waals surface area contributed by atoms with Crippen LogP contribution in [0.1, 0.15) is 0 Å². The van der Waals surface area contributed by atoms with Crippen molar-refractivity contribution in [1.82, 2.24) is 14.8 Å². The fraction of sp³-hybridized carbons (Fsp3) is 0.143. The summed E-state index contributed by atoms with van der Waals surface area (Å²) in [5.74, 6) is 0. The molecule has 0 aliphatic heterocycles. The molecule has 0 spiro atoms. The quantitative estimate of drug-likeness (QED) is 0.794. The van der Waals surface area contributed by atoms with Gasteiger partial charge in [-0.25, -0.2) is 4.98 Å². The normalized spacial score (nSPS) is 10.6. The van der Waals surface area contributed by atoms with Gasteiger partial charge >= 0.3 is 0 Å². The highest BCUT2D eigenvalue weighted by molar-refractivity contribution is 7.14. The Bertz CT molecular complexity index is 699. The van der Waals surface area contributed by atoms with Crippen LogP contribution in [0.15, 0.2) is 41.9 Å². The van der Waals surface area contributed by atoms with Gasteiger partial charge in [0.05, 0.1) is 11.4 Å². The first-order chi connectivity index (χ1) is 9.26. The van der Waals surface area contributed by atoms with Crippen molar-refractivity contribution >= 4 is 16.5 Å². The zero-order valence-corrected chi connectivity index (χ0v) is 11.6. The predicted molar refractivity (Wildman–Crippen MR) is 79.3 cm³/mol. The Labute approximate surface area is 115 Å². The van der Waals surface area contributed by atoms with Crippen molar-refractivity contribution in [2.45, 2.75) is 0 Å². The van der Waals surface area contributed by atoms with E-state index in [1.165, 1.54) is 0 Å². The zero-order chi connectivity index (χ0) is 13.2. The smallest absolute Gasteiger partial charge is 0.182 e. The first-order valence-corrected chi connectivity index (χ1v) is 6.88. The Morgan fingerprint density at radius 3 is 2.58 bits per heavy atom. The van der Waals surface area contributed by atoms with E-state index in [-0.39, 0.29) is 0 Å². The van der Waals surface area contributed by atoms with Crippen LogP contribution in [0.3, 0.4) is 0 Å². The molecule has 1 aromatic carbocycles. The average molecular weight is 270 g/mol. The third kappa shape index (κ3) is 2.37. The number of nitrogens with zero attached hydrogens (tertiary/aromatic N) is 3. The van der Waals surface area contributed by atoms with Crippen molar-refractivity contribution in [3.05, 3.63) is 41.9 Å². The van der Waals surface area contributed by atoms with Crippen LogP contribution < -0.4 is 5.32 Å². The van der Waals surface area contributed by atoms with Gasteiger partial charge in [-0.15, -0.1) is 11.3 Å². The fourth-order valence-electron chi connectivity index (χ4n) is 1.93. The van der Waals surface area contributed by atoms with Crippen molar-refractivity contribution in [3.8, 4) is 22.5 Å². The molecule has 5 heteroatoms. The Morgan fingerprint density at radius 2 is 1.95 bits per heavy atom. The van der Waals surface area contributed by atoms with Crippen LogP contribution >= 0.6 is 11.3 Å². The van der Waals surface area contributed by atoms with Crippen molar-refractivity contribution in [3.63, 3.8) is 0 Å². The van der Waals surface area contributed by atoms with Crippen LogP contribution in [0.4, 0.5) is 5.13 Å². The second-order valence-electron chi connectivity index (χ2n) is 4.24. The molecule has 0 radical (unpaired) electrons. The number of aromatic nitrogens is 3. The van der Waals surface area contributed by atoms with Crippen molar-refractivity contribution < 1.29 is 0 Å². The molecule has 19 heavy (non-hydrogen) atoms. The van der Waals surface area contributed by atoms with E-state index < -0.39 is 0 Å². The molecule has 0 fully saturated rings. The molecule has 96 valence electrons. The summed E-state index contributed by atoms with van der Waals surface area (Å²) in [5, 5.41) is 10.5. The maximum atomic E-state index is 4.52. The molecule has 0 aliphatic carbocycles. The SMILES string of the molecule is CNc1nc(-c2cccc(-c3ccn(C)n3)c2)cs1. The lowest BCUT2D eigenvalue weighted by atomic mass is 10.1. The van der Waals surface area contributed by atoms with Crippen molar-refractivity contribution in [2.24, 2.45) is 7.05 Å². The first-order valence-electron chi connectivity index (χ1n) is 6.00. The van der Waals surface area contributed by atoms with E-state index in [1.807, 2.05) is 37.1 Å². The number of aryl methyl sites for hydroxylation is 1. The highest BCUT2D eigenvalue weighted by atomic mass is 32.1. The topological polar surface area (TPSA) is 42.7 Å². The Balaban J connectivity index is 2.00. The molecule has 0 bridgehead atoms. The van der Waals surface area contributed by atoms with Crippen LogP contribution in [-0.2, 0) is 7.05 Å². The van der Waals surface area contributed by atoms with Crippen LogP contribution in [-0.4, -0.2) is 21.8 Å². The van der Waals surface area contributed by atoms with Gasteiger partial charge < -0.3 is 5.32 Å². The third-order valence-corrected chi connectivity index (χ3v) is 3.75. The van der Waals surface area contributed by atoms with Gasteiger partial charge in [-0.3, -0.25) is 4.68 Å². The number of anilines is 1. The largest absolute Gasteiger partial charge is 0.365 e. The molecule has 0 unspecified atom stereocenters. The maximum Gasteiger partial charge on any atom is 0.182 e. The lowest BCUT2D eigenvalue weighted by Crippen LogP contribution is -1.88. The Morgan fingerprint density at radius 1 is 1.16 bits per heavy atom. The van der Waals surface area contributed by atoms with Crippen LogP contribution in [0.5, 0.6) is 0 Å². The van der Waals surface area contributed by atoms with E-state index in [9.17, 15) is 0 Å². The number of benzene rings is 1. The number of nitrogens with one attached hydrogen (secondary N) is 1. The minimum atomic E-state index is 0.929. The third-order valence-electron chi connectivity index (χ3n) is 2.89. The second kappa shape index (κ2) is 4.85. The molecule has 3 rings (SSSR count). The van der Waals surface area contributed by atoms with E-state index in [2.05, 4.69) is 39.0 Å². The summed E-state index contributed by atoms with van der Waals surface area (Å²) in [5.41, 5.74) is 4.19. The lowest BCUT2D eigenvalue weighted by Gasteiger charge is -2.01. The number of thiazole rings is 1. The van der Waals surface area contributed by atoms with E-state index in [1.54, 1.807) is 11.3 Å². The van der Waals surface area contributed by atoms with Gasteiger partial charge in [-0.05, 0) is 12.1 Å². The molecule has 0 amide bonds. The lowest BCUT2D eigenvalue weighted by molar-refractivity contribution is 0.771. The van der Waals surface area contributed by atoms with Gasteiger partial charge in [0.15, 0.2) is 5.13 Å². The van der Waals surface area contributed by atoms with Gasteiger partial charge in [0.2, 0.25) is 0 Å². The van der Waals surface area contributed by atoms with E-state index in [0.29, 0.717) is 0 Å². The number of hydrogen-bond acceptors (Lipinski definition) is 4. The van der Waals surface area contributed by atoms with Crippen LogP contribution in [0.25, 0.3) is 22.5 Å². The highest BCUT2D eigenvalue weighted by Crippen LogP contribution is 2.27. The highest BCUT2D eigenvalue weighted by Gasteiger charge is 2.06. The molecular weight excluding hydrogens is 256 g/mol. The van der Waals surface area contributed by atoms with E-state index in [0.717, 1.165) is 27.6 Å². The molecule has 2 heterocycles. The van der Waals surface area contributed by atoms with Crippen LogP contribution in [0, 0.1) is 0 Å². The minimum Gasteiger partial charge on any atom is -0.365 e. The Hall–Kier alpha value is -2.14. The summed E-state index contributed by atoms with van der Waals surface area (Å²) in [4.78, 5) is 4.52. The van der Waals surface area contributed by atoms with Crippen LogP contribution in [0.2, 0.25) is 0 Å². The fourth-order valence-corrected chi connectivity index (χ4v) is 2.61. The van der Waals surface area contributed by atoms with E-state index >= 15 is 0 Å². The van der Waals surface area contributed by atoms with Gasteiger partial charge in [0.1, 0.15) is 0 Å². The summed E-state index contributed by atoms with van der Waals surface area (Å²) in [6.07, 6.45) is 1.95. The Kier molecular flexibility index (Phi) is 3.05. The maximum absolute atomic E-state index is 4.52. The van der Waals surface area contributed by atoms with Gasteiger partial charge in [0.25, 0.3) is 0 Å². The molecule has 1 N–H and O–H groups in total. The summed E-state index contributed by atoms with van der Waals surface area (Å²) >= 11 is 1.61. The summed E-state index contributed by atoms with van der Waals surface area (Å²) in [7, 11) is 3.81. The first kappa shape index (κ1) is 11.9. The molecule has 0 saturated heterocycles. The number of hydrogen-bond donors (Lipinski definition) is 1. The molecule has 2 aromatic heterocycles. The molecule has 4 nitrogen and oxygen atoms in total. The molecule has 3 aromatic rings. The van der Waals surface area contributed by atoms with Gasteiger partial charge in [0, 0.05) is 36.8 Å². The molecule has 0 aliphatic rings. The monoisotopic (exact) mass is 270 g/mol. The minimum absolute atomic E-state index is 0.929. The van der Waals surface area contributed by atoms with Crippen molar-refractivity contribution in [1.29, 1.82) is 0 Å². The standard InChI is InChI=1S/C14H14N4S/c1-15-14-16-13(9-19-14)11-5-3-4-10(8-11)12-6-7-18(2)17-12/h3-9H,1-2H3,(H,15,16). The summed E-state index contributed by atoms with van der Waals surface area (Å²) in [6.45, 7) is 0. The van der Waals surface area contributed by atoms with Gasteiger partial charge in [-0.1, -0.05) is 18.2 Å². The molecular formula is C14H14N4S.